The van der Waals surface area contributed by atoms with E-state index in [0.717, 1.165) is 41.1 Å². The van der Waals surface area contributed by atoms with E-state index in [-0.39, 0.29) is 11.8 Å². The van der Waals surface area contributed by atoms with Gasteiger partial charge in [0.25, 0.3) is 0 Å². The number of Topliss-reactive ketones (excluding diaryl/α,β-unsaturated/α-hetero) is 1. The van der Waals surface area contributed by atoms with E-state index in [4.69, 9.17) is 4.74 Å². The van der Waals surface area contributed by atoms with Crippen LogP contribution in [0.2, 0.25) is 0 Å². The Morgan fingerprint density at radius 1 is 1.31 bits per heavy atom. The van der Waals surface area contributed by atoms with Crippen LogP contribution in [0.3, 0.4) is 0 Å². The molecular weight excluding hydrogens is 326 g/mol. The number of benzene rings is 1. The molecule has 4 heteroatoms. The molecule has 26 heavy (non-hydrogen) atoms. The van der Waals surface area contributed by atoms with Crippen molar-refractivity contribution in [3.63, 3.8) is 0 Å². The van der Waals surface area contributed by atoms with E-state index in [0.29, 0.717) is 12.8 Å². The third-order valence-corrected chi connectivity index (χ3v) is 8.49. The van der Waals surface area contributed by atoms with E-state index in [1.165, 1.54) is 30.5 Å². The van der Waals surface area contributed by atoms with Crippen LogP contribution >= 0.6 is 0 Å². The van der Waals surface area contributed by atoms with Crippen molar-refractivity contribution in [3.05, 3.63) is 28.8 Å². The monoisotopic (exact) mass is 354 g/mol. The molecule has 3 fully saturated rings. The summed E-state index contributed by atoms with van der Waals surface area (Å²) in [6.07, 6.45) is 5.03. The first-order valence-electron chi connectivity index (χ1n) is 10.3. The number of hydrogen-bond donors (Lipinski definition) is 1. The Labute approximate surface area is 154 Å². The molecule has 0 amide bonds. The average Bonchev–Trinajstić information content (AvgIpc) is 3.32. The number of likely N-dealkylation sites (N-methyl/N-ethyl adjacent to an activating group) is 1. The fourth-order valence-electron chi connectivity index (χ4n) is 7.09. The van der Waals surface area contributed by atoms with Gasteiger partial charge in [0.2, 0.25) is 0 Å². The van der Waals surface area contributed by atoms with Crippen molar-refractivity contribution >= 4 is 5.78 Å². The molecule has 3 aliphatic carbocycles. The molecule has 1 spiro atoms. The Morgan fingerprint density at radius 2 is 2.12 bits per heavy atom. The van der Waals surface area contributed by atoms with Crippen molar-refractivity contribution in [2.75, 3.05) is 20.1 Å². The van der Waals surface area contributed by atoms with Crippen LogP contribution < -0.4 is 4.74 Å². The highest BCUT2D eigenvalue weighted by atomic mass is 16.5. The number of quaternary nitrogens is 1. The lowest BCUT2D eigenvalue weighted by atomic mass is 9.48. The normalized spacial score (nSPS) is 45.3. The largest absolute Gasteiger partial charge is 0.481 e. The van der Waals surface area contributed by atoms with Gasteiger partial charge in [0.15, 0.2) is 11.9 Å². The summed E-state index contributed by atoms with van der Waals surface area (Å²) in [4.78, 5) is 12.9. The molecule has 1 N–H and O–H groups in total. The van der Waals surface area contributed by atoms with Crippen LogP contribution in [0.5, 0.6) is 5.75 Å². The third-order valence-electron chi connectivity index (χ3n) is 8.49. The number of aryl methyl sites for hydroxylation is 1. The lowest BCUT2D eigenvalue weighted by molar-refractivity contribution is -0.950. The van der Waals surface area contributed by atoms with Gasteiger partial charge in [-0.2, -0.15) is 0 Å². The number of aliphatic hydroxyl groups is 1. The number of ketones is 1. The van der Waals surface area contributed by atoms with Gasteiger partial charge in [-0.3, -0.25) is 4.79 Å². The zero-order valence-electron chi connectivity index (χ0n) is 15.8. The molecule has 5 atom stereocenters. The number of hydrogen-bond acceptors (Lipinski definition) is 3. The number of rotatable bonds is 2. The van der Waals surface area contributed by atoms with Crippen LogP contribution in [0.4, 0.5) is 0 Å². The van der Waals surface area contributed by atoms with Crippen molar-refractivity contribution in [2.24, 2.45) is 5.92 Å². The highest BCUT2D eigenvalue weighted by molar-refractivity contribution is 5.89. The number of likely N-dealkylation sites (tertiary alicyclic amines) is 1. The van der Waals surface area contributed by atoms with E-state index < -0.39 is 17.1 Å². The Balaban J connectivity index is 1.60. The quantitative estimate of drug-likeness (QED) is 0.829. The van der Waals surface area contributed by atoms with Gasteiger partial charge in [0, 0.05) is 30.7 Å². The molecule has 1 unspecified atom stereocenters. The highest BCUT2D eigenvalue weighted by Gasteiger charge is 2.76. The molecule has 1 saturated heterocycles. The van der Waals surface area contributed by atoms with E-state index in [9.17, 15) is 9.90 Å². The van der Waals surface area contributed by atoms with E-state index in [1.54, 1.807) is 0 Å². The number of ether oxygens (including phenoxy) is 1. The van der Waals surface area contributed by atoms with Gasteiger partial charge in [0.1, 0.15) is 17.4 Å². The third kappa shape index (κ3) is 1.59. The second-order valence-electron chi connectivity index (χ2n) is 9.90. The van der Waals surface area contributed by atoms with Crippen molar-refractivity contribution in [2.45, 2.75) is 68.6 Å². The Bertz CT molecular complexity index is 846. The van der Waals surface area contributed by atoms with Crippen LogP contribution in [0.25, 0.3) is 0 Å². The summed E-state index contributed by atoms with van der Waals surface area (Å²) in [5.74, 6) is 1.92. The molecule has 1 aromatic carbocycles. The van der Waals surface area contributed by atoms with Crippen molar-refractivity contribution < 1.29 is 19.1 Å². The zero-order valence-corrected chi connectivity index (χ0v) is 15.8. The fraction of sp³-hybridized carbons (Fsp3) is 0.682. The minimum absolute atomic E-state index is 0.178. The lowest BCUT2D eigenvalue weighted by Gasteiger charge is -2.64. The molecule has 138 valence electrons. The molecule has 0 radical (unpaired) electrons. The molecule has 2 aliphatic heterocycles. The van der Waals surface area contributed by atoms with Crippen LogP contribution in [0, 0.1) is 12.8 Å². The van der Waals surface area contributed by atoms with Gasteiger partial charge in [-0.15, -0.1) is 0 Å². The van der Waals surface area contributed by atoms with Crippen LogP contribution in [-0.2, 0) is 16.6 Å². The summed E-state index contributed by atoms with van der Waals surface area (Å²) in [5, 5.41) is 12.2. The Kier molecular flexibility index (Phi) is 2.73. The maximum atomic E-state index is 12.9. The summed E-state index contributed by atoms with van der Waals surface area (Å²) in [6, 6.07) is 4.55. The fourth-order valence-corrected chi connectivity index (χ4v) is 7.09. The molecule has 2 bridgehead atoms. The SMILES string of the molecule is Cc1ccc2c3c1O[C@H]1C(=O)CC[C@@]4(O)C(C2)[N@+](C)(CC2CC2)CC[C@]314. The van der Waals surface area contributed by atoms with Crippen molar-refractivity contribution in [1.29, 1.82) is 0 Å². The molecular formula is C22H28NO3+. The van der Waals surface area contributed by atoms with Crippen LogP contribution in [0.15, 0.2) is 12.1 Å². The standard InChI is InChI=1S/C22H28NO3/c1-13-3-6-15-11-17-22(25)8-7-16(24)20-21(22,18(15)19(13)26-20)9-10-23(17,2)12-14-4-5-14/h3,6,14,17,20,25H,4-5,7-12H2,1-2H3/q+1/t17?,20-,21-,22+,23-/m0/s1. The minimum atomic E-state index is -0.820. The number of carbonyl (C=O) groups is 1. The molecule has 0 aromatic heterocycles. The van der Waals surface area contributed by atoms with E-state index >= 15 is 0 Å². The summed E-state index contributed by atoms with van der Waals surface area (Å²) >= 11 is 0. The summed E-state index contributed by atoms with van der Waals surface area (Å²) in [6.45, 7) is 4.29. The van der Waals surface area contributed by atoms with Gasteiger partial charge in [-0.1, -0.05) is 12.1 Å². The predicted molar refractivity (Wildman–Crippen MR) is 97.2 cm³/mol. The molecule has 4 nitrogen and oxygen atoms in total. The molecule has 6 rings (SSSR count). The lowest BCUT2D eigenvalue weighted by Crippen LogP contribution is -2.80. The van der Waals surface area contributed by atoms with Gasteiger partial charge in [-0.25, -0.2) is 0 Å². The topological polar surface area (TPSA) is 46.5 Å². The number of carbonyl (C=O) groups excluding carboxylic acids is 1. The first-order chi connectivity index (χ1) is 12.4. The van der Waals surface area contributed by atoms with Crippen LogP contribution in [0.1, 0.15) is 48.8 Å². The number of piperidine rings is 1. The van der Waals surface area contributed by atoms with Crippen LogP contribution in [-0.4, -0.2) is 53.3 Å². The summed E-state index contributed by atoms with van der Waals surface area (Å²) in [7, 11) is 2.36. The highest BCUT2D eigenvalue weighted by Crippen LogP contribution is 2.65. The summed E-state index contributed by atoms with van der Waals surface area (Å²) in [5.41, 5.74) is 2.27. The molecule has 2 saturated carbocycles. The molecule has 5 aliphatic rings. The molecule has 1 aromatic rings. The van der Waals surface area contributed by atoms with Gasteiger partial charge in [-0.05, 0) is 37.3 Å². The Morgan fingerprint density at radius 3 is 2.88 bits per heavy atom. The summed E-state index contributed by atoms with van der Waals surface area (Å²) < 4.78 is 7.30. The smallest absolute Gasteiger partial charge is 0.174 e. The second kappa shape index (κ2) is 4.53. The zero-order chi connectivity index (χ0) is 17.9. The van der Waals surface area contributed by atoms with Gasteiger partial charge < -0.3 is 14.3 Å². The predicted octanol–water partition coefficient (Wildman–Crippen LogP) is 2.27. The van der Waals surface area contributed by atoms with E-state index in [1.807, 2.05) is 0 Å². The first kappa shape index (κ1) is 15.6. The molecule has 2 heterocycles. The minimum Gasteiger partial charge on any atom is -0.481 e. The maximum Gasteiger partial charge on any atom is 0.174 e. The van der Waals surface area contributed by atoms with Crippen molar-refractivity contribution in [1.82, 2.24) is 0 Å². The Hall–Kier alpha value is -1.39. The average molecular weight is 354 g/mol. The first-order valence-corrected chi connectivity index (χ1v) is 10.3. The number of nitrogens with zero attached hydrogens (tertiary/aromatic N) is 1. The van der Waals surface area contributed by atoms with Crippen molar-refractivity contribution in [3.8, 4) is 5.75 Å². The van der Waals surface area contributed by atoms with Gasteiger partial charge in [0.05, 0.1) is 25.6 Å². The second-order valence-corrected chi connectivity index (χ2v) is 9.90. The van der Waals surface area contributed by atoms with Gasteiger partial charge >= 0.3 is 0 Å². The maximum absolute atomic E-state index is 12.9. The van der Waals surface area contributed by atoms with E-state index in [2.05, 4.69) is 26.1 Å².